The normalized spacial score (nSPS) is 27.2. The zero-order valence-corrected chi connectivity index (χ0v) is 11.6. The molecule has 0 aromatic rings. The minimum atomic E-state index is 0.774. The monoisotopic (exact) mass is 239 g/mol. The van der Waals surface area contributed by atoms with Gasteiger partial charge in [0.15, 0.2) is 0 Å². The summed E-state index contributed by atoms with van der Waals surface area (Å²) in [7, 11) is 0. The van der Waals surface area contributed by atoms with Crippen LogP contribution in [-0.2, 0) is 0 Å². The van der Waals surface area contributed by atoms with Gasteiger partial charge in [0, 0.05) is 38.8 Å². The molecule has 2 fully saturated rings. The third kappa shape index (κ3) is 3.94. The summed E-state index contributed by atoms with van der Waals surface area (Å²) >= 11 is 0. The van der Waals surface area contributed by atoms with Crippen LogP contribution in [0, 0.1) is 5.92 Å². The fraction of sp³-hybridized carbons (Fsp3) is 1.00. The van der Waals surface area contributed by atoms with Crippen LogP contribution >= 0.6 is 0 Å². The lowest BCUT2D eigenvalue weighted by Gasteiger charge is -2.39. The predicted octanol–water partition coefficient (Wildman–Crippen LogP) is 1.40. The summed E-state index contributed by atoms with van der Waals surface area (Å²) in [5, 5.41) is 3.45. The molecule has 1 N–H and O–H groups in total. The van der Waals surface area contributed by atoms with Gasteiger partial charge < -0.3 is 10.2 Å². The Balaban J connectivity index is 1.67. The average Bonchev–Trinajstić information content (AvgIpc) is 2.40. The van der Waals surface area contributed by atoms with E-state index < -0.39 is 0 Å². The number of piperazine rings is 1. The Kier molecular flexibility index (Phi) is 5.26. The maximum absolute atomic E-state index is 3.45. The van der Waals surface area contributed by atoms with E-state index in [1.807, 2.05) is 0 Å². The van der Waals surface area contributed by atoms with Crippen molar-refractivity contribution in [2.24, 2.45) is 5.92 Å². The Labute approximate surface area is 107 Å². The Morgan fingerprint density at radius 3 is 2.35 bits per heavy atom. The van der Waals surface area contributed by atoms with Crippen LogP contribution in [0.25, 0.3) is 0 Å². The van der Waals surface area contributed by atoms with Gasteiger partial charge in [-0.05, 0) is 45.2 Å². The molecule has 1 unspecified atom stereocenters. The molecule has 0 amide bonds. The third-order valence-electron chi connectivity index (χ3n) is 4.60. The minimum Gasteiger partial charge on any atom is -0.317 e. The van der Waals surface area contributed by atoms with Crippen molar-refractivity contribution < 1.29 is 0 Å². The second kappa shape index (κ2) is 6.72. The maximum atomic E-state index is 3.45. The molecule has 3 heteroatoms. The van der Waals surface area contributed by atoms with Gasteiger partial charge in [0.2, 0.25) is 0 Å². The van der Waals surface area contributed by atoms with E-state index in [1.54, 1.807) is 0 Å². The van der Waals surface area contributed by atoms with Gasteiger partial charge >= 0.3 is 0 Å². The van der Waals surface area contributed by atoms with E-state index in [0.717, 1.165) is 12.0 Å². The van der Waals surface area contributed by atoms with Crippen molar-refractivity contribution in [3.05, 3.63) is 0 Å². The molecule has 3 nitrogen and oxygen atoms in total. The van der Waals surface area contributed by atoms with Crippen molar-refractivity contribution in [3.8, 4) is 0 Å². The van der Waals surface area contributed by atoms with E-state index in [4.69, 9.17) is 0 Å². The van der Waals surface area contributed by atoms with Gasteiger partial charge in [-0.25, -0.2) is 0 Å². The van der Waals surface area contributed by atoms with Crippen LogP contribution in [0.5, 0.6) is 0 Å². The summed E-state index contributed by atoms with van der Waals surface area (Å²) in [6.45, 7) is 13.6. The van der Waals surface area contributed by atoms with Crippen molar-refractivity contribution in [3.63, 3.8) is 0 Å². The van der Waals surface area contributed by atoms with Crippen molar-refractivity contribution >= 4 is 0 Å². The van der Waals surface area contributed by atoms with Crippen LogP contribution in [0.4, 0.5) is 0 Å². The van der Waals surface area contributed by atoms with Crippen molar-refractivity contribution in [2.45, 2.75) is 39.2 Å². The molecule has 2 aliphatic heterocycles. The van der Waals surface area contributed by atoms with Gasteiger partial charge in [0.05, 0.1) is 0 Å². The molecule has 17 heavy (non-hydrogen) atoms. The van der Waals surface area contributed by atoms with Crippen LogP contribution in [-0.4, -0.2) is 61.7 Å². The molecule has 0 spiro atoms. The summed E-state index contributed by atoms with van der Waals surface area (Å²) < 4.78 is 0. The fourth-order valence-electron chi connectivity index (χ4n) is 3.07. The number of piperidine rings is 1. The molecule has 2 saturated heterocycles. The molecule has 1 atom stereocenters. The summed E-state index contributed by atoms with van der Waals surface area (Å²) in [5.41, 5.74) is 0. The lowest BCUT2D eigenvalue weighted by molar-refractivity contribution is 0.0857. The molecule has 0 saturated carbocycles. The van der Waals surface area contributed by atoms with Gasteiger partial charge in [-0.1, -0.05) is 6.92 Å². The van der Waals surface area contributed by atoms with Crippen LogP contribution in [0.2, 0.25) is 0 Å². The van der Waals surface area contributed by atoms with Crippen LogP contribution < -0.4 is 5.32 Å². The molecule has 0 radical (unpaired) electrons. The van der Waals surface area contributed by atoms with Crippen molar-refractivity contribution in [1.82, 2.24) is 15.1 Å². The van der Waals surface area contributed by atoms with E-state index in [1.165, 1.54) is 65.1 Å². The summed E-state index contributed by atoms with van der Waals surface area (Å²) in [6.07, 6.45) is 4.05. The highest BCUT2D eigenvalue weighted by Gasteiger charge is 2.22. The van der Waals surface area contributed by atoms with Gasteiger partial charge in [-0.3, -0.25) is 4.90 Å². The second-order valence-corrected chi connectivity index (χ2v) is 5.79. The molecular weight excluding hydrogens is 210 g/mol. The Bertz CT molecular complexity index is 206. The van der Waals surface area contributed by atoms with Crippen molar-refractivity contribution in [1.29, 1.82) is 0 Å². The van der Waals surface area contributed by atoms with Gasteiger partial charge in [0.1, 0.15) is 0 Å². The van der Waals surface area contributed by atoms with E-state index in [-0.39, 0.29) is 0 Å². The Morgan fingerprint density at radius 1 is 1.12 bits per heavy atom. The molecular formula is C14H29N3. The number of nitrogens with zero attached hydrogens (tertiary/aromatic N) is 2. The third-order valence-corrected chi connectivity index (χ3v) is 4.60. The molecule has 0 aromatic carbocycles. The first-order valence-corrected chi connectivity index (χ1v) is 7.46. The van der Waals surface area contributed by atoms with E-state index in [2.05, 4.69) is 29.0 Å². The topological polar surface area (TPSA) is 18.5 Å². The first kappa shape index (κ1) is 13.3. The highest BCUT2D eigenvalue weighted by Crippen LogP contribution is 2.15. The highest BCUT2D eigenvalue weighted by atomic mass is 15.3. The SMILES string of the molecule is CCC(C)N1CCN(CC2CCNCC2)CC1. The number of nitrogens with one attached hydrogen (secondary N) is 1. The Hall–Kier alpha value is -0.120. The van der Waals surface area contributed by atoms with Gasteiger partial charge in [0.25, 0.3) is 0 Å². The van der Waals surface area contributed by atoms with Crippen LogP contribution in [0.3, 0.4) is 0 Å². The van der Waals surface area contributed by atoms with E-state index in [0.29, 0.717) is 0 Å². The largest absolute Gasteiger partial charge is 0.317 e. The first-order chi connectivity index (χ1) is 8.29. The molecule has 0 aliphatic carbocycles. The smallest absolute Gasteiger partial charge is 0.0113 e. The summed E-state index contributed by atoms with van der Waals surface area (Å²) in [4.78, 5) is 5.34. The molecule has 0 bridgehead atoms. The standard InChI is InChI=1S/C14H29N3/c1-3-13(2)17-10-8-16(9-11-17)12-14-4-6-15-7-5-14/h13-15H,3-12H2,1-2H3. The van der Waals surface area contributed by atoms with Crippen LogP contribution in [0.1, 0.15) is 33.1 Å². The zero-order valence-electron chi connectivity index (χ0n) is 11.6. The summed E-state index contributed by atoms with van der Waals surface area (Å²) in [5.74, 6) is 0.950. The Morgan fingerprint density at radius 2 is 1.76 bits per heavy atom. The quantitative estimate of drug-likeness (QED) is 0.800. The van der Waals surface area contributed by atoms with E-state index >= 15 is 0 Å². The molecule has 100 valence electrons. The average molecular weight is 239 g/mol. The van der Waals surface area contributed by atoms with Crippen LogP contribution in [0.15, 0.2) is 0 Å². The predicted molar refractivity (Wildman–Crippen MR) is 73.4 cm³/mol. The first-order valence-electron chi connectivity index (χ1n) is 7.46. The molecule has 2 heterocycles. The van der Waals surface area contributed by atoms with Gasteiger partial charge in [-0.15, -0.1) is 0 Å². The van der Waals surface area contributed by atoms with Gasteiger partial charge in [-0.2, -0.15) is 0 Å². The second-order valence-electron chi connectivity index (χ2n) is 5.79. The lowest BCUT2D eigenvalue weighted by Crippen LogP contribution is -2.50. The number of hydrogen-bond donors (Lipinski definition) is 1. The molecule has 2 rings (SSSR count). The van der Waals surface area contributed by atoms with Crippen molar-refractivity contribution in [2.75, 3.05) is 45.8 Å². The molecule has 0 aromatic heterocycles. The van der Waals surface area contributed by atoms with E-state index in [9.17, 15) is 0 Å². The fourth-order valence-corrected chi connectivity index (χ4v) is 3.07. The summed E-state index contributed by atoms with van der Waals surface area (Å²) in [6, 6.07) is 0.774. The maximum Gasteiger partial charge on any atom is 0.0113 e. The minimum absolute atomic E-state index is 0.774. The number of rotatable bonds is 4. The zero-order chi connectivity index (χ0) is 12.1. The highest BCUT2D eigenvalue weighted by molar-refractivity contribution is 4.79. The molecule has 2 aliphatic rings. The number of hydrogen-bond acceptors (Lipinski definition) is 3. The lowest BCUT2D eigenvalue weighted by atomic mass is 9.97.